The summed E-state index contributed by atoms with van der Waals surface area (Å²) in [4.78, 5) is 29.5. The van der Waals surface area contributed by atoms with Gasteiger partial charge < -0.3 is 19.7 Å². The van der Waals surface area contributed by atoms with Crippen LogP contribution in [0, 0.1) is 0 Å². The minimum atomic E-state index is -0.938. The predicted molar refractivity (Wildman–Crippen MR) is 136 cm³/mol. The first-order valence-corrected chi connectivity index (χ1v) is 12.4. The van der Waals surface area contributed by atoms with Crippen LogP contribution in [0.3, 0.4) is 0 Å². The second-order valence-corrected chi connectivity index (χ2v) is 9.16. The highest BCUT2D eigenvalue weighted by Crippen LogP contribution is 2.44. The number of fused-ring (bicyclic) bond motifs is 3. The molecule has 0 spiro atoms. The molecule has 0 aromatic heterocycles. The van der Waals surface area contributed by atoms with Gasteiger partial charge in [0.25, 0.3) is 0 Å². The fraction of sp³-hybridized carbons (Fsp3) is 0.464. The van der Waals surface area contributed by atoms with Crippen LogP contribution in [0.2, 0.25) is 0 Å². The van der Waals surface area contributed by atoms with E-state index in [0.717, 1.165) is 41.5 Å². The summed E-state index contributed by atoms with van der Waals surface area (Å²) < 4.78 is 10.3. The van der Waals surface area contributed by atoms with Gasteiger partial charge in [0, 0.05) is 19.1 Å². The van der Waals surface area contributed by atoms with Crippen molar-refractivity contribution >= 4 is 18.0 Å². The zero-order chi connectivity index (χ0) is 26.1. The summed E-state index contributed by atoms with van der Waals surface area (Å²) in [5, 5.41) is 22.4. The lowest BCUT2D eigenvalue weighted by molar-refractivity contribution is -0.251. The lowest BCUT2D eigenvalue weighted by Crippen LogP contribution is -2.43. The zero-order valence-corrected chi connectivity index (χ0v) is 21.2. The highest BCUT2D eigenvalue weighted by Gasteiger charge is 2.28. The van der Waals surface area contributed by atoms with E-state index in [1.54, 1.807) is 11.9 Å². The molecule has 2 aromatic rings. The van der Waals surface area contributed by atoms with Crippen LogP contribution in [-0.2, 0) is 19.1 Å². The Labute approximate surface area is 212 Å². The van der Waals surface area contributed by atoms with Gasteiger partial charge in [-0.05, 0) is 35.7 Å². The summed E-state index contributed by atoms with van der Waals surface area (Å²) in [5.41, 5.74) is 4.43. The second-order valence-electron chi connectivity index (χ2n) is 9.16. The monoisotopic (exact) mass is 495 g/mol. The molecule has 2 atom stereocenters. The van der Waals surface area contributed by atoms with Crippen molar-refractivity contribution in [2.45, 2.75) is 57.0 Å². The quantitative estimate of drug-likeness (QED) is 0.196. The summed E-state index contributed by atoms with van der Waals surface area (Å²) in [6, 6.07) is 14.6. The third kappa shape index (κ3) is 6.85. The minimum Gasteiger partial charge on any atom is -0.599 e. The number of aliphatic imine (C=N–C) groups is 1. The fourth-order valence-electron chi connectivity index (χ4n) is 4.79. The summed E-state index contributed by atoms with van der Waals surface area (Å²) in [7, 11) is 2.93. The van der Waals surface area contributed by atoms with Crippen LogP contribution in [0.15, 0.2) is 53.5 Å². The smallest absolute Gasteiger partial charge is 0.320 e. The molecule has 2 aromatic carbocycles. The van der Waals surface area contributed by atoms with E-state index in [-0.39, 0.29) is 25.5 Å². The number of carboxylic acids is 1. The van der Waals surface area contributed by atoms with E-state index < -0.39 is 30.1 Å². The van der Waals surface area contributed by atoms with Crippen molar-refractivity contribution in [2.75, 3.05) is 27.3 Å². The van der Waals surface area contributed by atoms with Gasteiger partial charge >= 0.3 is 11.9 Å². The SMILES string of the molecule is CCCCC[C@@H](C(=O)O)N(C)C[C@H](CC(=O)OC)N=C([O-])OCC1c2ccccc2-c2ccccc21. The van der Waals surface area contributed by atoms with Gasteiger partial charge in [0.05, 0.1) is 19.6 Å². The number of benzene rings is 2. The van der Waals surface area contributed by atoms with E-state index in [2.05, 4.69) is 24.0 Å². The van der Waals surface area contributed by atoms with Gasteiger partial charge in [0.1, 0.15) is 12.1 Å². The molecule has 8 nitrogen and oxygen atoms in total. The van der Waals surface area contributed by atoms with Crippen LogP contribution in [0.1, 0.15) is 56.1 Å². The molecule has 36 heavy (non-hydrogen) atoms. The van der Waals surface area contributed by atoms with Crippen LogP contribution < -0.4 is 5.11 Å². The summed E-state index contributed by atoms with van der Waals surface area (Å²) >= 11 is 0. The van der Waals surface area contributed by atoms with Gasteiger partial charge in [-0.25, -0.2) is 0 Å². The van der Waals surface area contributed by atoms with Crippen LogP contribution in [0.5, 0.6) is 0 Å². The number of ether oxygens (including phenoxy) is 2. The van der Waals surface area contributed by atoms with Gasteiger partial charge in [-0.1, -0.05) is 74.7 Å². The minimum absolute atomic E-state index is 0.103. The number of carbonyl (C=O) groups is 2. The maximum Gasteiger partial charge on any atom is 0.320 e. The lowest BCUT2D eigenvalue weighted by atomic mass is 9.98. The molecular weight excluding hydrogens is 460 g/mol. The highest BCUT2D eigenvalue weighted by atomic mass is 16.6. The number of unbranched alkanes of at least 4 members (excludes halogenated alkanes) is 2. The number of carboxylic acid groups (broad SMARTS) is 1. The molecule has 8 heteroatoms. The van der Waals surface area contributed by atoms with E-state index >= 15 is 0 Å². The van der Waals surface area contributed by atoms with E-state index in [1.807, 2.05) is 36.4 Å². The average Bonchev–Trinajstić information content (AvgIpc) is 3.18. The number of carbonyl (C=O) groups excluding carboxylic acids is 1. The lowest BCUT2D eigenvalue weighted by Gasteiger charge is -2.28. The standard InChI is InChI=1S/C28H36N2O6/c1-4-5-6-15-25(27(32)33)30(2)17-19(16-26(31)35-3)29-28(34)36-18-24-22-13-9-7-11-20(22)21-12-8-10-14-23(21)24/h7-14,19,24-25H,4-6,15-18H2,1-3H3,(H,29,34)(H,32,33)/p-1/t19-,25-/m0/s1. The Hall–Kier alpha value is -3.39. The number of rotatable bonds is 13. The topological polar surface area (TPSA) is 111 Å². The molecule has 0 amide bonds. The van der Waals surface area contributed by atoms with Gasteiger partial charge in [-0.15, -0.1) is 0 Å². The number of aliphatic carboxylic acids is 1. The molecule has 0 radical (unpaired) electrons. The largest absolute Gasteiger partial charge is 0.599 e. The molecule has 0 unspecified atom stereocenters. The molecule has 0 fully saturated rings. The summed E-state index contributed by atoms with van der Waals surface area (Å²) in [6.45, 7) is 2.29. The summed E-state index contributed by atoms with van der Waals surface area (Å²) in [6.07, 6.45) is 2.26. The Morgan fingerprint density at radius 3 is 2.25 bits per heavy atom. The molecule has 0 aliphatic heterocycles. The molecule has 0 heterocycles. The first-order chi connectivity index (χ1) is 17.3. The zero-order valence-electron chi connectivity index (χ0n) is 21.2. The van der Waals surface area contributed by atoms with Crippen molar-refractivity contribution in [1.29, 1.82) is 0 Å². The molecule has 0 bridgehead atoms. The first-order valence-electron chi connectivity index (χ1n) is 12.4. The molecule has 3 rings (SSSR count). The van der Waals surface area contributed by atoms with Gasteiger partial charge in [-0.2, -0.15) is 0 Å². The Morgan fingerprint density at radius 2 is 1.69 bits per heavy atom. The molecule has 194 valence electrons. The number of nitrogens with zero attached hydrogens (tertiary/aromatic N) is 2. The normalized spacial score (nSPS) is 14.7. The molecule has 1 aliphatic rings. The third-order valence-corrected chi connectivity index (χ3v) is 6.65. The Bertz CT molecular complexity index is 1020. The van der Waals surface area contributed by atoms with Gasteiger partial charge in [0.2, 0.25) is 0 Å². The van der Waals surface area contributed by atoms with Gasteiger partial charge in [-0.3, -0.25) is 19.5 Å². The molecular formula is C28H35N2O6-. The first kappa shape index (κ1) is 27.2. The fourth-order valence-corrected chi connectivity index (χ4v) is 4.79. The maximum atomic E-state index is 12.7. The van der Waals surface area contributed by atoms with Crippen LogP contribution in [0.25, 0.3) is 11.1 Å². The van der Waals surface area contributed by atoms with Crippen molar-refractivity contribution in [3.63, 3.8) is 0 Å². The van der Waals surface area contributed by atoms with Crippen LogP contribution in [-0.4, -0.2) is 67.4 Å². The molecule has 1 N–H and O–H groups in total. The maximum absolute atomic E-state index is 12.7. The Morgan fingerprint density at radius 1 is 1.08 bits per heavy atom. The van der Waals surface area contributed by atoms with Crippen molar-refractivity contribution in [2.24, 2.45) is 4.99 Å². The predicted octanol–water partition coefficient (Wildman–Crippen LogP) is 3.43. The van der Waals surface area contributed by atoms with Crippen molar-refractivity contribution in [3.8, 4) is 11.1 Å². The number of likely N-dealkylation sites (N-methyl/N-ethyl adjacent to an activating group) is 1. The van der Waals surface area contributed by atoms with E-state index in [1.165, 1.54) is 7.11 Å². The van der Waals surface area contributed by atoms with Crippen molar-refractivity contribution < 1.29 is 29.3 Å². The van der Waals surface area contributed by atoms with E-state index in [9.17, 15) is 19.8 Å². The highest BCUT2D eigenvalue weighted by molar-refractivity contribution is 5.79. The molecule has 0 saturated carbocycles. The van der Waals surface area contributed by atoms with E-state index in [0.29, 0.717) is 6.42 Å². The van der Waals surface area contributed by atoms with Crippen molar-refractivity contribution in [3.05, 3.63) is 59.7 Å². The Balaban J connectivity index is 1.71. The number of hydrogen-bond donors (Lipinski definition) is 1. The second kappa shape index (κ2) is 13.1. The number of esters is 1. The third-order valence-electron chi connectivity index (χ3n) is 6.65. The average molecular weight is 496 g/mol. The molecule has 0 saturated heterocycles. The van der Waals surface area contributed by atoms with Crippen LogP contribution in [0.4, 0.5) is 0 Å². The van der Waals surface area contributed by atoms with Crippen LogP contribution >= 0.6 is 0 Å². The molecule has 1 aliphatic carbocycles. The number of hydrogen-bond acceptors (Lipinski definition) is 7. The summed E-state index contributed by atoms with van der Waals surface area (Å²) in [5.74, 6) is -1.57. The van der Waals surface area contributed by atoms with Crippen molar-refractivity contribution in [1.82, 2.24) is 4.90 Å². The van der Waals surface area contributed by atoms with E-state index in [4.69, 9.17) is 9.47 Å². The number of methoxy groups -OCH3 is 1. The van der Waals surface area contributed by atoms with Gasteiger partial charge in [0.15, 0.2) is 0 Å². The Kier molecular flexibility index (Phi) is 9.87.